The number of aryl methyl sites for hydroxylation is 1. The van der Waals surface area contributed by atoms with Crippen molar-refractivity contribution in [2.75, 3.05) is 19.0 Å². The van der Waals surface area contributed by atoms with Gasteiger partial charge in [-0.25, -0.2) is 0 Å². The fourth-order valence-corrected chi connectivity index (χ4v) is 2.28. The second-order valence-electron chi connectivity index (χ2n) is 5.20. The zero-order chi connectivity index (χ0) is 19.1. The first-order valence-electron chi connectivity index (χ1n) is 7.52. The summed E-state index contributed by atoms with van der Waals surface area (Å²) in [5.74, 6) is 0.461. The minimum absolute atomic E-state index is 0.0159. The minimum Gasteiger partial charge on any atom is -0.493 e. The molecule has 136 valence electrons. The maximum absolute atomic E-state index is 12.0. The van der Waals surface area contributed by atoms with Crippen molar-refractivity contribution in [3.05, 3.63) is 58.1 Å². The monoisotopic (exact) mass is 375 g/mol. The molecule has 0 aliphatic carbocycles. The van der Waals surface area contributed by atoms with Crippen LogP contribution in [0, 0.1) is 17.0 Å². The summed E-state index contributed by atoms with van der Waals surface area (Å²) in [6, 6.07) is 11.3. The highest BCUT2D eigenvalue weighted by molar-refractivity contribution is 7.80. The highest BCUT2D eigenvalue weighted by Crippen LogP contribution is 2.25. The Kier molecular flexibility index (Phi) is 6.45. The number of nitrogens with zero attached hydrogens (tertiary/aromatic N) is 1. The van der Waals surface area contributed by atoms with Gasteiger partial charge in [0.1, 0.15) is 0 Å². The third-order valence-corrected chi connectivity index (χ3v) is 3.57. The largest absolute Gasteiger partial charge is 0.493 e. The normalized spacial score (nSPS) is 9.92. The van der Waals surface area contributed by atoms with Crippen molar-refractivity contribution in [2.24, 2.45) is 0 Å². The number of hydrogen-bond donors (Lipinski definition) is 2. The first-order valence-corrected chi connectivity index (χ1v) is 7.93. The maximum atomic E-state index is 12.0. The molecular formula is C17H17N3O5S. The van der Waals surface area contributed by atoms with E-state index in [0.29, 0.717) is 17.2 Å². The van der Waals surface area contributed by atoms with Crippen LogP contribution in [0.4, 0.5) is 11.4 Å². The van der Waals surface area contributed by atoms with E-state index in [-0.39, 0.29) is 17.4 Å². The Balaban J connectivity index is 1.92. The number of anilines is 1. The van der Waals surface area contributed by atoms with Crippen molar-refractivity contribution in [2.45, 2.75) is 6.92 Å². The molecular weight excluding hydrogens is 358 g/mol. The van der Waals surface area contributed by atoms with Crippen molar-refractivity contribution in [1.29, 1.82) is 0 Å². The van der Waals surface area contributed by atoms with Gasteiger partial charge in [0.2, 0.25) is 0 Å². The summed E-state index contributed by atoms with van der Waals surface area (Å²) >= 11 is 5.07. The molecule has 0 aliphatic heterocycles. The average Bonchev–Trinajstić information content (AvgIpc) is 2.61. The molecule has 0 aromatic heterocycles. The number of amides is 1. The predicted octanol–water partition coefficient (Wildman–Crippen LogP) is 2.80. The van der Waals surface area contributed by atoms with Gasteiger partial charge in [0.25, 0.3) is 11.6 Å². The van der Waals surface area contributed by atoms with E-state index >= 15 is 0 Å². The molecule has 0 heterocycles. The topological polar surface area (TPSA) is 103 Å². The van der Waals surface area contributed by atoms with Crippen LogP contribution in [0.3, 0.4) is 0 Å². The van der Waals surface area contributed by atoms with Gasteiger partial charge in [-0.05, 0) is 36.8 Å². The van der Waals surface area contributed by atoms with Crippen molar-refractivity contribution < 1.29 is 19.2 Å². The number of nitrogens with one attached hydrogen (secondary N) is 2. The number of para-hydroxylation sites is 2. The number of rotatable bonds is 6. The van der Waals surface area contributed by atoms with Gasteiger partial charge in [-0.3, -0.25) is 20.2 Å². The quantitative estimate of drug-likeness (QED) is 0.455. The molecule has 2 aromatic carbocycles. The van der Waals surface area contributed by atoms with Gasteiger partial charge in [0, 0.05) is 17.8 Å². The van der Waals surface area contributed by atoms with E-state index in [1.165, 1.54) is 19.2 Å². The van der Waals surface area contributed by atoms with Gasteiger partial charge in [-0.15, -0.1) is 0 Å². The number of carbonyl (C=O) groups is 1. The Morgan fingerprint density at radius 1 is 1.23 bits per heavy atom. The first kappa shape index (κ1) is 19.1. The Morgan fingerprint density at radius 3 is 2.58 bits per heavy atom. The molecule has 0 saturated carbocycles. The number of thiocarbonyl (C=S) groups is 1. The second kappa shape index (κ2) is 8.77. The summed E-state index contributed by atoms with van der Waals surface area (Å²) in [6.45, 7) is 1.50. The van der Waals surface area contributed by atoms with Crippen LogP contribution >= 0.6 is 12.2 Å². The summed E-state index contributed by atoms with van der Waals surface area (Å²) in [6.07, 6.45) is 0. The number of carbonyl (C=O) groups excluding carboxylic acids is 1. The zero-order valence-corrected chi connectivity index (χ0v) is 15.0. The van der Waals surface area contributed by atoms with E-state index in [0.717, 1.165) is 5.56 Å². The molecule has 2 rings (SSSR count). The van der Waals surface area contributed by atoms with Crippen molar-refractivity contribution in [1.82, 2.24) is 5.32 Å². The van der Waals surface area contributed by atoms with Crippen LogP contribution in [0.15, 0.2) is 42.5 Å². The predicted molar refractivity (Wildman–Crippen MR) is 101 cm³/mol. The molecule has 1 amide bonds. The van der Waals surface area contributed by atoms with Crippen LogP contribution in [0.25, 0.3) is 0 Å². The number of methoxy groups -OCH3 is 1. The van der Waals surface area contributed by atoms with Gasteiger partial charge >= 0.3 is 0 Å². The third kappa shape index (κ3) is 5.15. The summed E-state index contributed by atoms with van der Waals surface area (Å²) in [5.41, 5.74) is 1.11. The minimum atomic E-state index is -0.507. The Morgan fingerprint density at radius 2 is 1.92 bits per heavy atom. The Labute approximate surface area is 155 Å². The molecule has 0 spiro atoms. The zero-order valence-electron chi connectivity index (χ0n) is 14.1. The lowest BCUT2D eigenvalue weighted by molar-refractivity contribution is -0.384. The Hall–Kier alpha value is -3.20. The van der Waals surface area contributed by atoms with Gasteiger partial charge in [-0.1, -0.05) is 18.2 Å². The fourth-order valence-electron chi connectivity index (χ4n) is 2.06. The molecule has 9 heteroatoms. The number of ether oxygens (including phenoxy) is 2. The standard InChI is InChI=1S/C17H17N3O5S/c1-11-7-8-12(20(22)23)9-13(11)18-17(26)19-16(21)10-25-15-6-4-3-5-14(15)24-2/h3-9H,10H2,1-2H3,(H2,18,19,21,26). The summed E-state index contributed by atoms with van der Waals surface area (Å²) in [4.78, 5) is 22.3. The number of benzene rings is 2. The smallest absolute Gasteiger partial charge is 0.271 e. The van der Waals surface area contributed by atoms with Gasteiger partial charge in [-0.2, -0.15) is 0 Å². The van der Waals surface area contributed by atoms with E-state index < -0.39 is 10.8 Å². The average molecular weight is 375 g/mol. The second-order valence-corrected chi connectivity index (χ2v) is 5.61. The SMILES string of the molecule is COc1ccccc1OCC(=O)NC(=S)Nc1cc([N+](=O)[O-])ccc1C. The first-order chi connectivity index (χ1) is 12.4. The van der Waals surface area contributed by atoms with Gasteiger partial charge in [0.15, 0.2) is 23.2 Å². The molecule has 0 fully saturated rings. The van der Waals surface area contributed by atoms with E-state index in [1.807, 2.05) is 0 Å². The molecule has 0 radical (unpaired) electrons. The molecule has 0 aliphatic rings. The van der Waals surface area contributed by atoms with E-state index in [4.69, 9.17) is 21.7 Å². The third-order valence-electron chi connectivity index (χ3n) is 3.36. The molecule has 0 bridgehead atoms. The van der Waals surface area contributed by atoms with Crippen LogP contribution in [-0.2, 0) is 4.79 Å². The van der Waals surface area contributed by atoms with Crippen LogP contribution in [-0.4, -0.2) is 29.7 Å². The van der Waals surface area contributed by atoms with E-state index in [1.54, 1.807) is 37.3 Å². The van der Waals surface area contributed by atoms with Crippen LogP contribution < -0.4 is 20.1 Å². The lowest BCUT2D eigenvalue weighted by Crippen LogP contribution is -2.37. The van der Waals surface area contributed by atoms with E-state index in [2.05, 4.69) is 10.6 Å². The lowest BCUT2D eigenvalue weighted by atomic mass is 10.2. The molecule has 8 nitrogen and oxygen atoms in total. The molecule has 0 saturated heterocycles. The summed E-state index contributed by atoms with van der Waals surface area (Å²) < 4.78 is 10.5. The molecule has 0 atom stereocenters. The van der Waals surface area contributed by atoms with Gasteiger partial charge in [0.05, 0.1) is 12.0 Å². The maximum Gasteiger partial charge on any atom is 0.271 e. The van der Waals surface area contributed by atoms with Crippen molar-refractivity contribution in [3.8, 4) is 11.5 Å². The molecule has 2 N–H and O–H groups in total. The summed E-state index contributed by atoms with van der Waals surface area (Å²) in [5, 5.41) is 16.1. The van der Waals surface area contributed by atoms with Crippen LogP contribution in [0.1, 0.15) is 5.56 Å². The van der Waals surface area contributed by atoms with E-state index in [9.17, 15) is 14.9 Å². The van der Waals surface area contributed by atoms with Crippen LogP contribution in [0.2, 0.25) is 0 Å². The number of nitro benzene ring substituents is 1. The number of non-ortho nitro benzene ring substituents is 1. The van der Waals surface area contributed by atoms with Gasteiger partial charge < -0.3 is 14.8 Å². The molecule has 0 unspecified atom stereocenters. The number of nitro groups is 1. The highest BCUT2D eigenvalue weighted by Gasteiger charge is 2.12. The van der Waals surface area contributed by atoms with Crippen molar-refractivity contribution in [3.63, 3.8) is 0 Å². The van der Waals surface area contributed by atoms with Crippen LogP contribution in [0.5, 0.6) is 11.5 Å². The molecule has 2 aromatic rings. The number of hydrogen-bond acceptors (Lipinski definition) is 6. The fraction of sp³-hybridized carbons (Fsp3) is 0.176. The lowest BCUT2D eigenvalue weighted by Gasteiger charge is -2.13. The molecule has 26 heavy (non-hydrogen) atoms. The Bertz CT molecular complexity index is 841. The summed E-state index contributed by atoms with van der Waals surface area (Å²) in [7, 11) is 1.50. The van der Waals surface area contributed by atoms with Crippen molar-refractivity contribution >= 4 is 34.6 Å². The highest BCUT2D eigenvalue weighted by atomic mass is 32.1.